The minimum absolute atomic E-state index is 0.0431. The van der Waals surface area contributed by atoms with Crippen LogP contribution in [-0.4, -0.2) is 21.5 Å². The highest BCUT2D eigenvalue weighted by atomic mass is 19.1. The predicted molar refractivity (Wildman–Crippen MR) is 70.8 cm³/mol. The van der Waals surface area contributed by atoms with Crippen molar-refractivity contribution < 1.29 is 19.2 Å². The Kier molecular flexibility index (Phi) is 5.15. The van der Waals surface area contributed by atoms with Gasteiger partial charge in [-0.25, -0.2) is 4.39 Å². The highest BCUT2D eigenvalue weighted by Gasteiger charge is 2.31. The van der Waals surface area contributed by atoms with Crippen molar-refractivity contribution >= 4 is 11.7 Å². The summed E-state index contributed by atoms with van der Waals surface area (Å²) in [4.78, 5) is 21.2. The first-order chi connectivity index (χ1) is 9.28. The zero-order valence-corrected chi connectivity index (χ0v) is 11.4. The van der Waals surface area contributed by atoms with Crippen LogP contribution in [0.5, 0.6) is 0 Å². The van der Waals surface area contributed by atoms with E-state index in [1.165, 1.54) is 13.0 Å². The Hall–Kier alpha value is -2.02. The number of nitro groups is 1. The third kappa shape index (κ3) is 3.99. The number of nitrogens with zero attached hydrogens (tertiary/aromatic N) is 1. The minimum Gasteiger partial charge on any atom is -0.480 e. The molecule has 2 N–H and O–H groups in total. The lowest BCUT2D eigenvalue weighted by molar-refractivity contribution is -0.385. The van der Waals surface area contributed by atoms with E-state index >= 15 is 0 Å². The quantitative estimate of drug-likeness (QED) is 0.592. The molecule has 0 aliphatic heterocycles. The van der Waals surface area contributed by atoms with E-state index in [1.54, 1.807) is 0 Å². The van der Waals surface area contributed by atoms with Gasteiger partial charge < -0.3 is 5.11 Å². The van der Waals surface area contributed by atoms with Gasteiger partial charge in [0.2, 0.25) is 0 Å². The van der Waals surface area contributed by atoms with E-state index < -0.39 is 22.2 Å². The highest BCUT2D eigenvalue weighted by molar-refractivity contribution is 5.78. The molecule has 1 aromatic carbocycles. The summed E-state index contributed by atoms with van der Waals surface area (Å²) < 4.78 is 13.3. The SMILES string of the molecule is CCCC(C)(NCc1cc(F)cc([N+](=O)[O-])c1)C(=O)O. The molecule has 0 fully saturated rings. The zero-order valence-electron chi connectivity index (χ0n) is 11.4. The fraction of sp³-hybridized carbons (Fsp3) is 0.462. The molecule has 0 spiro atoms. The van der Waals surface area contributed by atoms with Crippen LogP contribution in [0.1, 0.15) is 32.3 Å². The number of hydrogen-bond donors (Lipinski definition) is 2. The Balaban J connectivity index is 2.88. The normalized spacial score (nSPS) is 13.8. The van der Waals surface area contributed by atoms with Crippen molar-refractivity contribution in [1.29, 1.82) is 0 Å². The first-order valence-corrected chi connectivity index (χ1v) is 6.21. The predicted octanol–water partition coefficient (Wildman–Crippen LogP) is 2.47. The molecule has 0 amide bonds. The first kappa shape index (κ1) is 16.0. The summed E-state index contributed by atoms with van der Waals surface area (Å²) in [5.41, 5.74) is -1.16. The van der Waals surface area contributed by atoms with Crippen molar-refractivity contribution in [3.05, 3.63) is 39.7 Å². The Labute approximate surface area is 115 Å². The second-order valence-electron chi connectivity index (χ2n) is 4.82. The summed E-state index contributed by atoms with van der Waals surface area (Å²) in [6, 6.07) is 3.20. The molecule has 0 bridgehead atoms. The Morgan fingerprint density at radius 3 is 2.65 bits per heavy atom. The fourth-order valence-electron chi connectivity index (χ4n) is 1.91. The molecular weight excluding hydrogens is 267 g/mol. The van der Waals surface area contributed by atoms with Crippen LogP contribution in [-0.2, 0) is 11.3 Å². The van der Waals surface area contributed by atoms with Crippen molar-refractivity contribution in [3.63, 3.8) is 0 Å². The molecule has 0 heterocycles. The topological polar surface area (TPSA) is 92.5 Å². The number of benzene rings is 1. The van der Waals surface area contributed by atoms with Crippen molar-refractivity contribution in [2.45, 2.75) is 38.8 Å². The van der Waals surface area contributed by atoms with E-state index in [2.05, 4.69) is 5.32 Å². The lowest BCUT2D eigenvalue weighted by Crippen LogP contribution is -2.48. The maximum Gasteiger partial charge on any atom is 0.323 e. The summed E-state index contributed by atoms with van der Waals surface area (Å²) in [7, 11) is 0. The largest absolute Gasteiger partial charge is 0.480 e. The van der Waals surface area contributed by atoms with Gasteiger partial charge in [-0.15, -0.1) is 0 Å². The number of carbonyl (C=O) groups is 1. The molecule has 0 aliphatic rings. The maximum atomic E-state index is 13.3. The van der Waals surface area contributed by atoms with Gasteiger partial charge in [-0.3, -0.25) is 20.2 Å². The molecule has 110 valence electrons. The molecule has 6 nitrogen and oxygen atoms in total. The molecule has 20 heavy (non-hydrogen) atoms. The van der Waals surface area contributed by atoms with Gasteiger partial charge in [0.1, 0.15) is 11.4 Å². The number of nitro benzene ring substituents is 1. The Morgan fingerprint density at radius 2 is 2.15 bits per heavy atom. The van der Waals surface area contributed by atoms with Crippen molar-refractivity contribution in [2.75, 3.05) is 0 Å². The van der Waals surface area contributed by atoms with Gasteiger partial charge in [-0.05, 0) is 25.0 Å². The number of carboxylic acids is 1. The highest BCUT2D eigenvalue weighted by Crippen LogP contribution is 2.18. The van der Waals surface area contributed by atoms with Gasteiger partial charge in [-0.1, -0.05) is 13.3 Å². The van der Waals surface area contributed by atoms with Gasteiger partial charge in [0, 0.05) is 12.6 Å². The van der Waals surface area contributed by atoms with E-state index in [1.807, 2.05) is 6.92 Å². The first-order valence-electron chi connectivity index (χ1n) is 6.21. The second kappa shape index (κ2) is 6.42. The lowest BCUT2D eigenvalue weighted by atomic mass is 9.96. The monoisotopic (exact) mass is 284 g/mol. The second-order valence-corrected chi connectivity index (χ2v) is 4.82. The number of nitrogens with one attached hydrogen (secondary N) is 1. The van der Waals surface area contributed by atoms with Crippen molar-refractivity contribution in [1.82, 2.24) is 5.32 Å². The molecule has 0 saturated heterocycles. The van der Waals surface area contributed by atoms with Crippen LogP contribution >= 0.6 is 0 Å². The van der Waals surface area contributed by atoms with Crippen LogP contribution in [0, 0.1) is 15.9 Å². The number of halogens is 1. The summed E-state index contributed by atoms with van der Waals surface area (Å²) in [6.45, 7) is 3.43. The molecule has 0 aliphatic carbocycles. The van der Waals surface area contributed by atoms with Crippen LogP contribution in [0.3, 0.4) is 0 Å². The standard InChI is InChI=1S/C13H17FN2O4/c1-3-4-13(2,12(17)18)15-8-9-5-10(14)7-11(6-9)16(19)20/h5-7,15H,3-4,8H2,1-2H3,(H,17,18). The fourth-order valence-corrected chi connectivity index (χ4v) is 1.91. The number of hydrogen-bond acceptors (Lipinski definition) is 4. The molecule has 1 aromatic rings. The van der Waals surface area contributed by atoms with Crippen LogP contribution in [0.4, 0.5) is 10.1 Å². The molecule has 0 aromatic heterocycles. The molecule has 1 rings (SSSR count). The van der Waals surface area contributed by atoms with Gasteiger partial charge in [-0.2, -0.15) is 0 Å². The van der Waals surface area contributed by atoms with Gasteiger partial charge in [0.05, 0.1) is 11.0 Å². The summed E-state index contributed by atoms with van der Waals surface area (Å²) in [5.74, 6) is -1.73. The molecule has 0 saturated carbocycles. The van der Waals surface area contributed by atoms with Crippen molar-refractivity contribution in [3.8, 4) is 0 Å². The molecule has 1 atom stereocenters. The summed E-state index contributed by atoms with van der Waals surface area (Å²) in [6.07, 6.45) is 1.07. The molecule has 1 unspecified atom stereocenters. The number of carboxylic acid groups (broad SMARTS) is 1. The maximum absolute atomic E-state index is 13.3. The van der Waals surface area contributed by atoms with E-state index in [-0.39, 0.29) is 12.2 Å². The van der Waals surface area contributed by atoms with Gasteiger partial charge in [0.25, 0.3) is 5.69 Å². The van der Waals surface area contributed by atoms with Crippen LogP contribution < -0.4 is 5.32 Å². The Morgan fingerprint density at radius 1 is 1.50 bits per heavy atom. The van der Waals surface area contributed by atoms with E-state index in [4.69, 9.17) is 0 Å². The molecule has 0 radical (unpaired) electrons. The number of non-ortho nitro benzene ring substituents is 1. The van der Waals surface area contributed by atoms with Crippen molar-refractivity contribution in [2.24, 2.45) is 0 Å². The summed E-state index contributed by atoms with van der Waals surface area (Å²) in [5, 5.41) is 22.7. The van der Waals surface area contributed by atoms with Crippen LogP contribution in [0.25, 0.3) is 0 Å². The third-order valence-corrected chi connectivity index (χ3v) is 3.06. The van der Waals surface area contributed by atoms with E-state index in [0.29, 0.717) is 18.4 Å². The average molecular weight is 284 g/mol. The van der Waals surface area contributed by atoms with Gasteiger partial charge >= 0.3 is 5.97 Å². The van der Waals surface area contributed by atoms with Crippen LogP contribution in [0.15, 0.2) is 18.2 Å². The zero-order chi connectivity index (χ0) is 15.3. The third-order valence-electron chi connectivity index (χ3n) is 3.06. The smallest absolute Gasteiger partial charge is 0.323 e. The van der Waals surface area contributed by atoms with E-state index in [0.717, 1.165) is 12.1 Å². The minimum atomic E-state index is -1.14. The lowest BCUT2D eigenvalue weighted by Gasteiger charge is -2.25. The molecular formula is C13H17FN2O4. The molecule has 7 heteroatoms. The Bertz CT molecular complexity index is 521. The summed E-state index contributed by atoms with van der Waals surface area (Å²) >= 11 is 0. The number of aliphatic carboxylic acids is 1. The van der Waals surface area contributed by atoms with Crippen LogP contribution in [0.2, 0.25) is 0 Å². The van der Waals surface area contributed by atoms with Gasteiger partial charge in [0.15, 0.2) is 0 Å². The number of rotatable bonds is 7. The average Bonchev–Trinajstić information content (AvgIpc) is 2.36. The van der Waals surface area contributed by atoms with E-state index in [9.17, 15) is 24.4 Å².